The number of rotatable bonds is 4. The van der Waals surface area contributed by atoms with Gasteiger partial charge in [-0.25, -0.2) is 0 Å². The Morgan fingerprint density at radius 1 is 1.46 bits per heavy atom. The fourth-order valence-electron chi connectivity index (χ4n) is 2.43. The molecule has 0 amide bonds. The molecule has 1 aliphatic heterocycles. The average molecular weight is 185 g/mol. The maximum absolute atomic E-state index is 8.77. The van der Waals surface area contributed by atoms with Crippen molar-refractivity contribution in [2.75, 3.05) is 20.2 Å². The van der Waals surface area contributed by atoms with E-state index in [4.69, 9.17) is 5.11 Å². The fraction of sp³-hybridized carbons (Fsp3) is 1.00. The van der Waals surface area contributed by atoms with E-state index in [-0.39, 0.29) is 0 Å². The lowest BCUT2D eigenvalue weighted by molar-refractivity contribution is 0.126. The van der Waals surface area contributed by atoms with E-state index in [1.54, 1.807) is 0 Å². The van der Waals surface area contributed by atoms with E-state index in [9.17, 15) is 0 Å². The second-order valence-corrected chi connectivity index (χ2v) is 4.39. The van der Waals surface area contributed by atoms with E-state index in [1.165, 1.54) is 32.2 Å². The fourth-order valence-corrected chi connectivity index (χ4v) is 2.43. The van der Waals surface area contributed by atoms with Crippen molar-refractivity contribution in [1.29, 1.82) is 0 Å². The summed E-state index contributed by atoms with van der Waals surface area (Å²) in [7, 11) is 2.24. The molecule has 13 heavy (non-hydrogen) atoms. The maximum atomic E-state index is 8.77. The van der Waals surface area contributed by atoms with Gasteiger partial charge in [0.2, 0.25) is 0 Å². The molecule has 2 atom stereocenters. The zero-order valence-electron chi connectivity index (χ0n) is 9.00. The number of nitrogens with zero attached hydrogens (tertiary/aromatic N) is 1. The maximum Gasteiger partial charge on any atom is 0.0431 e. The quantitative estimate of drug-likeness (QED) is 0.723. The number of aliphatic hydroxyl groups is 1. The van der Waals surface area contributed by atoms with Crippen molar-refractivity contribution in [3.8, 4) is 0 Å². The molecule has 1 saturated heterocycles. The van der Waals surface area contributed by atoms with E-state index in [0.717, 1.165) is 18.4 Å². The molecule has 2 heteroatoms. The second-order valence-electron chi connectivity index (χ2n) is 4.39. The third-order valence-corrected chi connectivity index (χ3v) is 3.30. The van der Waals surface area contributed by atoms with Crippen LogP contribution in [-0.2, 0) is 0 Å². The molecule has 1 heterocycles. The lowest BCUT2D eigenvalue weighted by atomic mass is 9.89. The molecule has 0 aromatic rings. The van der Waals surface area contributed by atoms with Crippen molar-refractivity contribution < 1.29 is 5.11 Å². The highest BCUT2D eigenvalue weighted by Crippen LogP contribution is 2.24. The van der Waals surface area contributed by atoms with Crippen LogP contribution in [0.3, 0.4) is 0 Å². The molecular weight excluding hydrogens is 162 g/mol. The molecular formula is C11H23NO. The molecule has 1 fully saturated rings. The summed E-state index contributed by atoms with van der Waals surface area (Å²) in [5.41, 5.74) is 0. The van der Waals surface area contributed by atoms with Gasteiger partial charge in [0.15, 0.2) is 0 Å². The first-order valence-corrected chi connectivity index (χ1v) is 5.57. The summed E-state index contributed by atoms with van der Waals surface area (Å²) in [6.07, 6.45) is 6.23. The Balaban J connectivity index is 2.30. The highest BCUT2D eigenvalue weighted by molar-refractivity contribution is 4.78. The highest BCUT2D eigenvalue weighted by atomic mass is 16.2. The van der Waals surface area contributed by atoms with Crippen LogP contribution >= 0.6 is 0 Å². The number of hydrogen-bond acceptors (Lipinski definition) is 2. The summed E-state index contributed by atoms with van der Waals surface area (Å²) in [5.74, 6) is 0.748. The van der Waals surface area contributed by atoms with Crippen molar-refractivity contribution in [2.45, 2.75) is 45.1 Å². The molecule has 0 bridgehead atoms. The average Bonchev–Trinajstić information content (AvgIpc) is 2.15. The minimum Gasteiger partial charge on any atom is -0.396 e. The van der Waals surface area contributed by atoms with Crippen LogP contribution in [0.4, 0.5) is 0 Å². The van der Waals surface area contributed by atoms with Gasteiger partial charge in [0.05, 0.1) is 0 Å². The molecule has 0 aromatic heterocycles. The van der Waals surface area contributed by atoms with Gasteiger partial charge < -0.3 is 10.0 Å². The van der Waals surface area contributed by atoms with Gasteiger partial charge in [0.1, 0.15) is 0 Å². The number of aliphatic hydroxyl groups excluding tert-OH is 1. The van der Waals surface area contributed by atoms with Gasteiger partial charge in [-0.15, -0.1) is 0 Å². The van der Waals surface area contributed by atoms with Gasteiger partial charge in [-0.1, -0.05) is 13.3 Å². The third-order valence-electron chi connectivity index (χ3n) is 3.30. The van der Waals surface area contributed by atoms with Crippen molar-refractivity contribution in [3.05, 3.63) is 0 Å². The van der Waals surface area contributed by atoms with Crippen LogP contribution in [0.25, 0.3) is 0 Å². The summed E-state index contributed by atoms with van der Waals surface area (Å²) in [4.78, 5) is 2.49. The third kappa shape index (κ3) is 3.28. The van der Waals surface area contributed by atoms with E-state index < -0.39 is 0 Å². The largest absolute Gasteiger partial charge is 0.396 e. The van der Waals surface area contributed by atoms with E-state index >= 15 is 0 Å². The Morgan fingerprint density at radius 2 is 2.23 bits per heavy atom. The van der Waals surface area contributed by atoms with Gasteiger partial charge in [0, 0.05) is 12.6 Å². The SMILES string of the molecule is CC(CCCO)C1CCCCN1C. The molecule has 0 aliphatic carbocycles. The van der Waals surface area contributed by atoms with Gasteiger partial charge in [0.25, 0.3) is 0 Å². The van der Waals surface area contributed by atoms with Crippen molar-refractivity contribution in [2.24, 2.45) is 5.92 Å². The smallest absolute Gasteiger partial charge is 0.0431 e. The van der Waals surface area contributed by atoms with Crippen LogP contribution in [0.15, 0.2) is 0 Å². The number of hydrogen-bond donors (Lipinski definition) is 1. The summed E-state index contributed by atoms with van der Waals surface area (Å²) < 4.78 is 0. The lowest BCUT2D eigenvalue weighted by Gasteiger charge is -2.36. The zero-order valence-corrected chi connectivity index (χ0v) is 9.00. The molecule has 2 unspecified atom stereocenters. The molecule has 0 radical (unpaired) electrons. The van der Waals surface area contributed by atoms with Gasteiger partial charge in [-0.3, -0.25) is 0 Å². The summed E-state index contributed by atoms with van der Waals surface area (Å²) >= 11 is 0. The highest BCUT2D eigenvalue weighted by Gasteiger charge is 2.23. The van der Waals surface area contributed by atoms with Gasteiger partial charge in [-0.05, 0) is 45.2 Å². The Kier molecular flexibility index (Phi) is 4.74. The van der Waals surface area contributed by atoms with Crippen molar-refractivity contribution >= 4 is 0 Å². The van der Waals surface area contributed by atoms with Crippen LogP contribution < -0.4 is 0 Å². The van der Waals surface area contributed by atoms with Crippen LogP contribution in [0.2, 0.25) is 0 Å². The summed E-state index contributed by atoms with van der Waals surface area (Å²) in [5, 5.41) is 8.77. The van der Waals surface area contributed by atoms with Crippen LogP contribution in [0.5, 0.6) is 0 Å². The normalized spacial score (nSPS) is 27.5. The van der Waals surface area contributed by atoms with Crippen molar-refractivity contribution in [1.82, 2.24) is 4.90 Å². The summed E-state index contributed by atoms with van der Waals surface area (Å²) in [6.45, 7) is 3.93. The number of likely N-dealkylation sites (tertiary alicyclic amines) is 1. The Morgan fingerprint density at radius 3 is 2.85 bits per heavy atom. The first-order chi connectivity index (χ1) is 6.25. The van der Waals surface area contributed by atoms with Gasteiger partial charge >= 0.3 is 0 Å². The molecule has 0 aromatic carbocycles. The number of piperidine rings is 1. The van der Waals surface area contributed by atoms with E-state index in [1.807, 2.05) is 0 Å². The predicted octanol–water partition coefficient (Wildman–Crippen LogP) is 1.88. The van der Waals surface area contributed by atoms with Crippen LogP contribution in [-0.4, -0.2) is 36.2 Å². The van der Waals surface area contributed by atoms with E-state index in [2.05, 4.69) is 18.9 Å². The molecule has 1 aliphatic rings. The first-order valence-electron chi connectivity index (χ1n) is 5.57. The molecule has 0 spiro atoms. The molecule has 1 rings (SSSR count). The molecule has 1 N–H and O–H groups in total. The first kappa shape index (κ1) is 11.0. The van der Waals surface area contributed by atoms with Crippen LogP contribution in [0, 0.1) is 5.92 Å². The topological polar surface area (TPSA) is 23.5 Å². The Bertz CT molecular complexity index is 138. The molecule has 78 valence electrons. The Labute approximate surface area is 81.9 Å². The standard InChI is InChI=1S/C11H23NO/c1-10(6-5-9-13)11-7-3-4-8-12(11)2/h10-11,13H,3-9H2,1-2H3. The van der Waals surface area contributed by atoms with Crippen LogP contribution in [0.1, 0.15) is 39.0 Å². The van der Waals surface area contributed by atoms with E-state index in [0.29, 0.717) is 6.61 Å². The predicted molar refractivity (Wildman–Crippen MR) is 55.8 cm³/mol. The Hall–Kier alpha value is -0.0800. The monoisotopic (exact) mass is 185 g/mol. The van der Waals surface area contributed by atoms with Gasteiger partial charge in [-0.2, -0.15) is 0 Å². The second kappa shape index (κ2) is 5.61. The molecule has 0 saturated carbocycles. The minimum atomic E-state index is 0.348. The zero-order chi connectivity index (χ0) is 9.68. The lowest BCUT2D eigenvalue weighted by Crippen LogP contribution is -2.40. The van der Waals surface area contributed by atoms with Crippen molar-refractivity contribution in [3.63, 3.8) is 0 Å². The molecule has 2 nitrogen and oxygen atoms in total. The minimum absolute atomic E-state index is 0.348. The summed E-state index contributed by atoms with van der Waals surface area (Å²) in [6, 6.07) is 0.764.